The lowest BCUT2D eigenvalue weighted by Crippen LogP contribution is -2.17. The first-order chi connectivity index (χ1) is 51.1. The van der Waals surface area contributed by atoms with E-state index in [1.165, 1.54) is 0 Å². The number of alkyl halides is 17. The second kappa shape index (κ2) is 34.0. The Bertz CT molecular complexity index is 5360. The quantitative estimate of drug-likeness (QED) is 0.0469. The fraction of sp³-hybridized carbons (Fsp3) is 0.210. The normalized spacial score (nSPS) is 14.0. The third-order valence-corrected chi connectivity index (χ3v) is 20.9. The molecule has 5 aromatic carbocycles. The molecule has 5 aromatic heterocycles. The van der Waals surface area contributed by atoms with Gasteiger partial charge in [0.05, 0.1) is 89.1 Å². The molecule has 3 atom stereocenters. The van der Waals surface area contributed by atoms with Gasteiger partial charge >= 0.3 is 30.2 Å². The molecule has 1 aliphatic rings. The van der Waals surface area contributed by atoms with Gasteiger partial charge in [0.1, 0.15) is 62.4 Å². The number of benzene rings is 5. The van der Waals surface area contributed by atoms with E-state index in [0.717, 1.165) is 51.8 Å². The zero-order chi connectivity index (χ0) is 82.2. The van der Waals surface area contributed by atoms with Crippen LogP contribution < -0.4 is 11.5 Å². The van der Waals surface area contributed by atoms with E-state index < -0.39 is 112 Å². The highest BCUT2D eigenvalue weighted by molar-refractivity contribution is 9.25. The van der Waals surface area contributed by atoms with Crippen LogP contribution in [0.5, 0.6) is 0 Å². The lowest BCUT2D eigenvalue weighted by atomic mass is 10.1. The highest BCUT2D eigenvalue weighted by Crippen LogP contribution is 2.64. The monoisotopic (exact) mass is 1870 g/mol. The minimum atomic E-state index is -5.28. The summed E-state index contributed by atoms with van der Waals surface area (Å²) in [5.41, 5.74) is 3.35. The number of aliphatic imine (C=N–C) groups is 2. The highest BCUT2D eigenvalue weighted by Gasteiger charge is 2.54. The van der Waals surface area contributed by atoms with Crippen LogP contribution in [-0.2, 0) is 51.0 Å². The molecule has 3 unspecified atom stereocenters. The van der Waals surface area contributed by atoms with Gasteiger partial charge in [0.25, 0.3) is 0 Å². The smallest absolute Gasteiger partial charge is 0.476 e. The minimum Gasteiger partial charge on any atom is -0.486 e. The number of anilines is 2. The van der Waals surface area contributed by atoms with Crippen molar-refractivity contribution < 1.29 is 83.5 Å². The van der Waals surface area contributed by atoms with E-state index in [9.17, 15) is 90.1 Å². The van der Waals surface area contributed by atoms with E-state index >= 15 is 0 Å². The number of ether oxygens (including phenoxy) is 1. The van der Waals surface area contributed by atoms with Crippen LogP contribution in [0.4, 0.5) is 89.1 Å². The molecule has 580 valence electrons. The number of halogens is 25. The Morgan fingerprint density at radius 3 is 1.34 bits per heavy atom. The Labute approximate surface area is 669 Å². The van der Waals surface area contributed by atoms with Crippen molar-refractivity contribution in [2.45, 2.75) is 76.3 Å². The van der Waals surface area contributed by atoms with Gasteiger partial charge in [-0.25, -0.2) is 27.9 Å². The number of nitrogen functional groups attached to an aromatic ring is 2. The summed E-state index contributed by atoms with van der Waals surface area (Å²) in [6.07, 6.45) is -16.5. The Hall–Kier alpha value is -8.18. The SMILES string of the molecule is CCS(=O)c1c(C#N)nn(-c2c(Cl)cc(C(F)(F)F)cc2Cl)c1N=C(C)C.COC=Nc1c(S(=O)C(F)(F)F)c(-c2ncon2)nn1-c1c(Cl)cc(C(F)(F)F)cc1Cl.N#Cc1nn(-c2c(Cl)cc(C(F)(F)F)cc2Cl)c(N)c1-c1ccccc1.N#Cc1nn(-c2c(Cl)cc(C(F)(F)F)cc2Cl)c(N)c1C1CC1(Br)Br. The van der Waals surface area contributed by atoms with Crippen molar-refractivity contribution >= 4 is 182 Å². The average Bonchev–Trinajstić information content (AvgIpc) is 1.61. The molecule has 0 saturated heterocycles. The number of nitrogens with zero attached hydrogens (tertiary/aromatic N) is 15. The number of methoxy groups -OCH3 is 1. The van der Waals surface area contributed by atoms with E-state index in [1.54, 1.807) is 51.1 Å². The first kappa shape index (κ1) is 87.4. The van der Waals surface area contributed by atoms with Crippen LogP contribution >= 0.6 is 125 Å². The fourth-order valence-electron chi connectivity index (χ4n) is 9.62. The molecule has 110 heavy (non-hydrogen) atoms. The third-order valence-electron chi connectivity index (χ3n) is 14.4. The average molecular weight is 1880 g/mol. The van der Waals surface area contributed by atoms with Crippen molar-refractivity contribution in [2.24, 2.45) is 9.98 Å². The van der Waals surface area contributed by atoms with Crippen LogP contribution in [-0.4, -0.2) is 91.4 Å². The van der Waals surface area contributed by atoms with Crippen LogP contribution in [0.3, 0.4) is 0 Å². The molecule has 0 amide bonds. The van der Waals surface area contributed by atoms with Gasteiger partial charge in [0, 0.05) is 22.9 Å². The van der Waals surface area contributed by atoms with Gasteiger partial charge in [0.2, 0.25) is 12.2 Å². The number of hydrogen-bond acceptors (Lipinski definition) is 17. The van der Waals surface area contributed by atoms with Crippen molar-refractivity contribution in [1.29, 1.82) is 15.8 Å². The molecule has 0 aliphatic heterocycles. The van der Waals surface area contributed by atoms with Crippen molar-refractivity contribution in [3.63, 3.8) is 0 Å². The molecular weight excluding hydrogens is 1840 g/mol. The van der Waals surface area contributed by atoms with Crippen LogP contribution in [0.25, 0.3) is 45.4 Å². The van der Waals surface area contributed by atoms with Crippen LogP contribution in [0.2, 0.25) is 40.2 Å². The summed E-state index contributed by atoms with van der Waals surface area (Å²) < 4.78 is 233. The number of nitriles is 3. The Morgan fingerprint density at radius 2 is 0.991 bits per heavy atom. The van der Waals surface area contributed by atoms with E-state index in [0.29, 0.717) is 64.2 Å². The van der Waals surface area contributed by atoms with Gasteiger partial charge in [-0.2, -0.15) is 112 Å². The number of aromatic nitrogens is 10. The molecule has 5 heterocycles. The van der Waals surface area contributed by atoms with Crippen LogP contribution in [0, 0.1) is 34.0 Å². The van der Waals surface area contributed by atoms with Crippen LogP contribution in [0.15, 0.2) is 110 Å². The molecule has 1 aliphatic carbocycles. The molecule has 0 spiro atoms. The lowest BCUT2D eigenvalue weighted by Gasteiger charge is -2.13. The van der Waals surface area contributed by atoms with Gasteiger partial charge in [-0.1, -0.05) is 167 Å². The molecule has 48 heteroatoms. The second-order valence-corrected chi connectivity index (χ2v) is 32.1. The zero-order valence-electron chi connectivity index (χ0n) is 54.4. The molecule has 0 bridgehead atoms. The van der Waals surface area contributed by atoms with E-state index in [-0.39, 0.29) is 102 Å². The van der Waals surface area contributed by atoms with Crippen molar-refractivity contribution in [2.75, 3.05) is 24.3 Å². The number of nitrogens with two attached hydrogens (primary N) is 2. The van der Waals surface area contributed by atoms with Gasteiger partial charge in [-0.3, -0.25) is 4.21 Å². The predicted octanol–water partition coefficient (Wildman–Crippen LogP) is 21.4. The topological polar surface area (TPSA) is 302 Å². The molecule has 1 saturated carbocycles. The molecule has 1 fully saturated rings. The molecular formula is C62H36Br2Cl8F15N17O4S2. The molecule has 21 nitrogen and oxygen atoms in total. The second-order valence-electron chi connectivity index (χ2n) is 21.9. The van der Waals surface area contributed by atoms with E-state index in [4.69, 9.17) is 104 Å². The Morgan fingerprint density at radius 1 is 0.609 bits per heavy atom. The zero-order valence-corrected chi connectivity index (χ0v) is 65.3. The lowest BCUT2D eigenvalue weighted by molar-refractivity contribution is -0.138. The summed E-state index contributed by atoms with van der Waals surface area (Å²) in [4.78, 5) is 10.5. The highest BCUT2D eigenvalue weighted by atomic mass is 79.9. The van der Waals surface area contributed by atoms with E-state index in [2.05, 4.69) is 81.6 Å². The fourth-order valence-corrected chi connectivity index (χ4v) is 15.1. The maximum absolute atomic E-state index is 13.4. The molecule has 10 aromatic rings. The third kappa shape index (κ3) is 19.1. The Balaban J connectivity index is 0.000000185. The molecule has 11 rings (SSSR count). The minimum absolute atomic E-state index is 0.000677. The van der Waals surface area contributed by atoms with Gasteiger partial charge in [-0.05, 0) is 74.4 Å². The van der Waals surface area contributed by atoms with Crippen molar-refractivity contribution in [3.05, 3.63) is 170 Å². The standard InChI is InChI=1S/C17H9Cl2F3N4.C16H13Cl2F3N4OS.C15H7Cl2F6N5O3S.C14H7Br2Cl2F3N4/c18-11-6-10(17(20,21)22)7-12(19)15(11)26-16(24)14(13(8-23)25-26)9-4-2-1-3-5-9;1-4-27(26)14-12(7-22)24-25(15(14)23-8(2)3)13-10(17)5-9(6-11(13)18)16(19,20)21;1-30-4-25-13-11(32(29)15(21,22)23)9(12-24-5-31-27-12)26-28(13)10-7(16)2-6(3-8(10)17)14(18,19)20;15-13(16)3-6(13)10-9(4-22)24-25(12(10)23)11-7(17)1-5(2-8(11)18)14(19,20)21/h1-7H,24H2;5-6H,4H2,1-3H3;2-5H,1H3;1-2,6H,3,23H2. The van der Waals surface area contributed by atoms with E-state index in [1.807, 2.05) is 18.2 Å². The summed E-state index contributed by atoms with van der Waals surface area (Å²) in [5.74, 6) is -1.00. The van der Waals surface area contributed by atoms with Crippen molar-refractivity contribution in [3.8, 4) is 63.6 Å². The largest absolute Gasteiger partial charge is 0.486 e. The molecule has 0 radical (unpaired) electrons. The summed E-state index contributed by atoms with van der Waals surface area (Å²) >= 11 is 55.0. The summed E-state index contributed by atoms with van der Waals surface area (Å²) in [6.45, 7) is 4.98. The summed E-state index contributed by atoms with van der Waals surface area (Å²) in [5, 5.41) is 44.4. The molecule has 4 N–H and O–H groups in total. The Kier molecular flexibility index (Phi) is 27.0. The summed E-state index contributed by atoms with van der Waals surface area (Å²) in [7, 11) is -4.22. The van der Waals surface area contributed by atoms with Gasteiger partial charge in [-0.15, -0.1) is 0 Å². The number of rotatable bonds is 13. The van der Waals surface area contributed by atoms with Crippen LogP contribution in [0.1, 0.15) is 78.0 Å². The maximum Gasteiger partial charge on any atom is 0.476 e. The number of hydrogen-bond donors (Lipinski definition) is 2. The van der Waals surface area contributed by atoms with Gasteiger partial charge in [0.15, 0.2) is 51.6 Å². The predicted molar refractivity (Wildman–Crippen MR) is 387 cm³/mol. The first-order valence-electron chi connectivity index (χ1n) is 29.2. The van der Waals surface area contributed by atoms with Gasteiger partial charge < -0.3 is 20.7 Å². The first-order valence-corrected chi connectivity index (χ1v) is 36.3. The van der Waals surface area contributed by atoms with Crippen molar-refractivity contribution in [1.82, 2.24) is 49.3 Å². The summed E-state index contributed by atoms with van der Waals surface area (Å²) in [6, 6.07) is 19.8. The maximum atomic E-state index is 13.4.